The summed E-state index contributed by atoms with van der Waals surface area (Å²) in [7, 11) is -0.289. The first-order valence-electron chi connectivity index (χ1n) is 8.99. The molecule has 1 aromatic carbocycles. The van der Waals surface area contributed by atoms with E-state index >= 15 is 0 Å². The molecule has 0 atom stereocenters. The quantitative estimate of drug-likeness (QED) is 0.633. The fraction of sp³-hybridized carbons (Fsp3) is 0.421. The highest BCUT2D eigenvalue weighted by molar-refractivity contribution is 7.89. The van der Waals surface area contributed by atoms with Crippen molar-refractivity contribution in [3.05, 3.63) is 40.6 Å². The number of nitrogens with one attached hydrogen (secondary N) is 1. The Morgan fingerprint density at radius 1 is 1.21 bits per heavy atom. The first kappa shape index (κ1) is 22.4. The average molecular weight is 426 g/mol. The van der Waals surface area contributed by atoms with Crippen molar-refractivity contribution in [2.24, 2.45) is 0 Å². The van der Waals surface area contributed by atoms with Crippen LogP contribution in [0, 0.1) is 0 Å². The second kappa shape index (κ2) is 10.0. The number of methoxy groups -OCH3 is 1. The maximum Gasteiger partial charge on any atom is 0.243 e. The molecule has 0 unspecified atom stereocenters. The molecule has 0 spiro atoms. The van der Waals surface area contributed by atoms with E-state index in [2.05, 4.69) is 5.32 Å². The van der Waals surface area contributed by atoms with Crippen molar-refractivity contribution in [1.82, 2.24) is 9.21 Å². The van der Waals surface area contributed by atoms with Crippen LogP contribution in [-0.2, 0) is 21.4 Å². The van der Waals surface area contributed by atoms with E-state index in [4.69, 9.17) is 4.74 Å². The summed E-state index contributed by atoms with van der Waals surface area (Å²) in [4.78, 5) is 14.5. The molecule has 1 amide bonds. The summed E-state index contributed by atoms with van der Waals surface area (Å²) in [6, 6.07) is 6.51. The summed E-state index contributed by atoms with van der Waals surface area (Å²) >= 11 is 1.61. The van der Waals surface area contributed by atoms with Gasteiger partial charge in [0.25, 0.3) is 0 Å². The van der Waals surface area contributed by atoms with Gasteiger partial charge in [0.2, 0.25) is 15.9 Å². The van der Waals surface area contributed by atoms with E-state index < -0.39 is 10.0 Å². The predicted octanol–water partition coefficient (Wildman–Crippen LogP) is 2.86. The van der Waals surface area contributed by atoms with Crippen molar-refractivity contribution in [2.45, 2.75) is 25.3 Å². The van der Waals surface area contributed by atoms with E-state index in [1.165, 1.54) is 23.5 Å². The van der Waals surface area contributed by atoms with Gasteiger partial charge in [0.15, 0.2) is 0 Å². The number of amides is 1. The van der Waals surface area contributed by atoms with Gasteiger partial charge in [-0.05, 0) is 47.6 Å². The van der Waals surface area contributed by atoms with E-state index in [-0.39, 0.29) is 17.3 Å². The molecular weight excluding hydrogens is 398 g/mol. The number of nitrogens with zero attached hydrogens (tertiary/aromatic N) is 2. The van der Waals surface area contributed by atoms with Gasteiger partial charge in [-0.1, -0.05) is 13.8 Å². The molecule has 154 valence electrons. The Balaban J connectivity index is 2.16. The lowest BCUT2D eigenvalue weighted by atomic mass is 10.3. The zero-order chi connectivity index (χ0) is 20.7. The molecule has 28 heavy (non-hydrogen) atoms. The minimum Gasteiger partial charge on any atom is -0.495 e. The van der Waals surface area contributed by atoms with E-state index in [9.17, 15) is 13.2 Å². The Morgan fingerprint density at radius 2 is 1.93 bits per heavy atom. The van der Waals surface area contributed by atoms with E-state index in [1.54, 1.807) is 31.3 Å². The van der Waals surface area contributed by atoms with Gasteiger partial charge in [-0.3, -0.25) is 9.69 Å². The molecule has 0 aliphatic rings. The number of benzene rings is 1. The number of hydrogen-bond acceptors (Lipinski definition) is 6. The topological polar surface area (TPSA) is 79.0 Å². The second-order valence-corrected chi connectivity index (χ2v) is 9.02. The van der Waals surface area contributed by atoms with Crippen LogP contribution in [-0.4, -0.2) is 57.3 Å². The summed E-state index contributed by atoms with van der Waals surface area (Å²) in [6.07, 6.45) is 0. The van der Waals surface area contributed by atoms with Crippen LogP contribution in [0.5, 0.6) is 5.75 Å². The Kier molecular flexibility index (Phi) is 7.99. The van der Waals surface area contributed by atoms with Gasteiger partial charge in [-0.2, -0.15) is 15.6 Å². The lowest BCUT2D eigenvalue weighted by molar-refractivity contribution is -0.117. The number of sulfonamides is 1. The average Bonchev–Trinajstić information content (AvgIpc) is 3.15. The number of hydrogen-bond donors (Lipinski definition) is 1. The summed E-state index contributed by atoms with van der Waals surface area (Å²) in [5.74, 6) is 0.167. The highest BCUT2D eigenvalue weighted by Gasteiger charge is 2.23. The van der Waals surface area contributed by atoms with Gasteiger partial charge < -0.3 is 10.1 Å². The third-order valence-corrected chi connectivity index (χ3v) is 7.01. The Morgan fingerprint density at radius 3 is 2.50 bits per heavy atom. The van der Waals surface area contributed by atoms with Crippen LogP contribution < -0.4 is 10.1 Å². The smallest absolute Gasteiger partial charge is 0.243 e. The molecule has 2 aromatic rings. The first-order valence-corrected chi connectivity index (χ1v) is 11.4. The van der Waals surface area contributed by atoms with Crippen LogP contribution in [0.15, 0.2) is 39.9 Å². The van der Waals surface area contributed by atoms with Crippen molar-refractivity contribution in [2.75, 3.05) is 39.1 Å². The molecule has 7 nitrogen and oxygen atoms in total. The lowest BCUT2D eigenvalue weighted by Gasteiger charge is -2.20. The SMILES string of the molecule is CCN(CC)S(=O)(=O)c1ccc(OC)c(NC(=O)CN(C)Cc2ccsc2)c1. The standard InChI is InChI=1S/C19H27N3O4S2/c1-5-22(6-2)28(24,25)16-7-8-18(26-4)17(11-16)20-19(23)13-21(3)12-15-9-10-27-14-15/h7-11,14H,5-6,12-13H2,1-4H3,(H,20,23). The number of thiophene rings is 1. The molecule has 1 N–H and O–H groups in total. The molecule has 1 heterocycles. The highest BCUT2D eigenvalue weighted by Crippen LogP contribution is 2.29. The normalized spacial score (nSPS) is 11.8. The molecule has 0 aliphatic heterocycles. The van der Waals surface area contributed by atoms with Crippen molar-refractivity contribution in [3.63, 3.8) is 0 Å². The second-order valence-electron chi connectivity index (χ2n) is 6.30. The summed E-state index contributed by atoms with van der Waals surface area (Å²) in [5.41, 5.74) is 1.48. The number of carbonyl (C=O) groups is 1. The minimum atomic E-state index is -3.62. The Hall–Kier alpha value is -1.94. The van der Waals surface area contributed by atoms with Crippen LogP contribution >= 0.6 is 11.3 Å². The van der Waals surface area contributed by atoms with E-state index in [0.717, 1.165) is 5.56 Å². The molecule has 0 aliphatic carbocycles. The van der Waals surface area contributed by atoms with Gasteiger partial charge >= 0.3 is 0 Å². The van der Waals surface area contributed by atoms with Crippen molar-refractivity contribution in [1.29, 1.82) is 0 Å². The molecule has 2 rings (SSSR count). The van der Waals surface area contributed by atoms with Gasteiger partial charge in [-0.25, -0.2) is 8.42 Å². The maximum atomic E-state index is 12.8. The first-order chi connectivity index (χ1) is 13.3. The number of likely N-dealkylation sites (N-methyl/N-ethyl adjacent to an activating group) is 1. The summed E-state index contributed by atoms with van der Waals surface area (Å²) in [6.45, 7) is 5.16. The van der Waals surface area contributed by atoms with Crippen LogP contribution in [0.3, 0.4) is 0 Å². The van der Waals surface area contributed by atoms with Gasteiger partial charge in [0, 0.05) is 19.6 Å². The van der Waals surface area contributed by atoms with Crippen molar-refractivity contribution in [3.8, 4) is 5.75 Å². The number of anilines is 1. The van der Waals surface area contributed by atoms with E-state index in [0.29, 0.717) is 31.1 Å². The Bertz CT molecular complexity index is 879. The monoisotopic (exact) mass is 425 g/mol. The van der Waals surface area contributed by atoms with Crippen LogP contribution in [0.4, 0.5) is 5.69 Å². The molecule has 0 bridgehead atoms. The fourth-order valence-corrected chi connectivity index (χ4v) is 4.99. The van der Waals surface area contributed by atoms with Crippen molar-refractivity contribution >= 4 is 33.0 Å². The molecule has 0 saturated heterocycles. The molecule has 0 fully saturated rings. The molecule has 9 heteroatoms. The third-order valence-electron chi connectivity index (χ3n) is 4.23. The summed E-state index contributed by atoms with van der Waals surface area (Å²) < 4.78 is 32.2. The number of rotatable bonds is 10. The third kappa shape index (κ3) is 5.54. The highest BCUT2D eigenvalue weighted by atomic mass is 32.2. The number of ether oxygens (including phenoxy) is 1. The maximum absolute atomic E-state index is 12.8. The summed E-state index contributed by atoms with van der Waals surface area (Å²) in [5, 5.41) is 6.81. The van der Waals surface area contributed by atoms with Crippen LogP contribution in [0.2, 0.25) is 0 Å². The zero-order valence-electron chi connectivity index (χ0n) is 16.6. The van der Waals surface area contributed by atoms with E-state index in [1.807, 2.05) is 28.8 Å². The minimum absolute atomic E-state index is 0.124. The molecule has 0 radical (unpaired) electrons. The zero-order valence-corrected chi connectivity index (χ0v) is 18.3. The molecule has 0 saturated carbocycles. The van der Waals surface area contributed by atoms with Crippen LogP contribution in [0.25, 0.3) is 0 Å². The predicted molar refractivity (Wildman–Crippen MR) is 112 cm³/mol. The molecular formula is C19H27N3O4S2. The van der Waals surface area contributed by atoms with Gasteiger partial charge in [0.05, 0.1) is 24.2 Å². The number of carbonyl (C=O) groups excluding carboxylic acids is 1. The fourth-order valence-electron chi connectivity index (χ4n) is 2.84. The van der Waals surface area contributed by atoms with Gasteiger partial charge in [-0.15, -0.1) is 0 Å². The molecule has 1 aromatic heterocycles. The van der Waals surface area contributed by atoms with Gasteiger partial charge in [0.1, 0.15) is 5.75 Å². The Labute approximate surface area is 171 Å². The lowest BCUT2D eigenvalue weighted by Crippen LogP contribution is -2.31. The van der Waals surface area contributed by atoms with Crippen molar-refractivity contribution < 1.29 is 17.9 Å². The van der Waals surface area contributed by atoms with Crippen LogP contribution in [0.1, 0.15) is 19.4 Å². The largest absolute Gasteiger partial charge is 0.495 e.